The van der Waals surface area contributed by atoms with Gasteiger partial charge in [0.05, 0.1) is 0 Å². The van der Waals surface area contributed by atoms with Crippen LogP contribution >= 0.6 is 11.1 Å². The second kappa shape index (κ2) is 7.43. The van der Waals surface area contributed by atoms with E-state index in [2.05, 4.69) is 24.3 Å². The van der Waals surface area contributed by atoms with Crippen LogP contribution < -0.4 is 0 Å². The fraction of sp³-hybridized carbons (Fsp3) is 0.368. The Bertz CT molecular complexity index is 586. The normalized spacial score (nSPS) is 21.7. The van der Waals surface area contributed by atoms with E-state index in [4.69, 9.17) is 11.1 Å². The summed E-state index contributed by atoms with van der Waals surface area (Å²) in [5.74, 6) is 0.689. The van der Waals surface area contributed by atoms with Gasteiger partial charge in [0.1, 0.15) is 13.9 Å². The molecule has 0 spiro atoms. The van der Waals surface area contributed by atoms with Crippen molar-refractivity contribution in [3.05, 3.63) is 59.9 Å². The zero-order valence-corrected chi connectivity index (χ0v) is 14.7. The first kappa shape index (κ1) is 15.8. The van der Waals surface area contributed by atoms with Gasteiger partial charge in [0.15, 0.2) is 0 Å². The summed E-state index contributed by atoms with van der Waals surface area (Å²) in [5.41, 5.74) is 3.62. The lowest BCUT2D eigenvalue weighted by Gasteiger charge is -2.24. The minimum Gasteiger partial charge on any atom is -0.207 e. The van der Waals surface area contributed by atoms with Gasteiger partial charge in [-0.05, 0) is 59.7 Å². The van der Waals surface area contributed by atoms with E-state index in [1.165, 1.54) is 49.0 Å². The molecule has 0 amide bonds. The van der Waals surface area contributed by atoms with E-state index in [0.717, 1.165) is 23.5 Å². The van der Waals surface area contributed by atoms with Gasteiger partial charge in [-0.25, -0.2) is 4.39 Å². The number of halogens is 2. The van der Waals surface area contributed by atoms with Gasteiger partial charge in [0, 0.05) is 0 Å². The third-order valence-corrected chi connectivity index (χ3v) is 7.98. The summed E-state index contributed by atoms with van der Waals surface area (Å²) >= 11 is 6.30. The fourth-order valence-electron chi connectivity index (χ4n) is 3.29. The molecule has 3 heteroatoms. The molecule has 1 saturated heterocycles. The number of hydrogen-bond donors (Lipinski definition) is 0. The molecule has 1 aliphatic rings. The molecule has 1 fully saturated rings. The number of hydrogen-bond acceptors (Lipinski definition) is 0. The van der Waals surface area contributed by atoms with Crippen LogP contribution in [0.3, 0.4) is 0 Å². The topological polar surface area (TPSA) is 0 Å². The molecule has 0 atom stereocenters. The van der Waals surface area contributed by atoms with E-state index in [1.807, 2.05) is 12.1 Å². The summed E-state index contributed by atoms with van der Waals surface area (Å²) in [5, 5.41) is 0. The Morgan fingerprint density at radius 2 is 1.45 bits per heavy atom. The van der Waals surface area contributed by atoms with Crippen LogP contribution in [0.2, 0.25) is 12.1 Å². The van der Waals surface area contributed by atoms with Crippen LogP contribution in [0.4, 0.5) is 4.39 Å². The largest absolute Gasteiger partial charge is 0.207 e. The van der Waals surface area contributed by atoms with Gasteiger partial charge in [0.2, 0.25) is 0 Å². The average molecular weight is 333 g/mol. The minimum atomic E-state index is -0.832. The Kier molecular flexibility index (Phi) is 5.32. The van der Waals surface area contributed by atoms with Crippen molar-refractivity contribution in [2.45, 2.75) is 37.8 Å². The first-order valence-electron chi connectivity index (χ1n) is 8.19. The smallest absolute Gasteiger partial charge is 0.141 e. The van der Waals surface area contributed by atoms with E-state index in [1.54, 1.807) is 0 Å². The van der Waals surface area contributed by atoms with Crippen molar-refractivity contribution in [3.63, 3.8) is 0 Å². The van der Waals surface area contributed by atoms with Crippen LogP contribution in [0, 0.1) is 11.7 Å². The zero-order chi connectivity index (χ0) is 15.4. The highest BCUT2D eigenvalue weighted by atomic mass is 35.6. The fourth-order valence-corrected chi connectivity index (χ4v) is 6.00. The Morgan fingerprint density at radius 3 is 2.05 bits per heavy atom. The zero-order valence-electron chi connectivity index (χ0n) is 12.8. The summed E-state index contributed by atoms with van der Waals surface area (Å²) in [6, 6.07) is 18.0. The Balaban J connectivity index is 1.56. The van der Waals surface area contributed by atoms with E-state index in [9.17, 15) is 4.39 Å². The van der Waals surface area contributed by atoms with Crippen LogP contribution in [-0.2, 0) is 6.42 Å². The molecular formula is C19H22ClFSi. The second-order valence-corrected chi connectivity index (χ2v) is 10.6. The van der Waals surface area contributed by atoms with Gasteiger partial charge in [-0.2, -0.15) is 11.1 Å². The van der Waals surface area contributed by atoms with Crippen molar-refractivity contribution in [1.82, 2.24) is 0 Å². The van der Waals surface area contributed by atoms with Crippen LogP contribution in [-0.4, -0.2) is 8.11 Å². The van der Waals surface area contributed by atoms with Crippen LogP contribution in [0.1, 0.15) is 24.8 Å². The lowest BCUT2D eigenvalue weighted by atomic mass is 9.93. The average Bonchev–Trinajstić information content (AvgIpc) is 2.56. The number of rotatable bonds is 4. The van der Waals surface area contributed by atoms with Gasteiger partial charge in [-0.3, -0.25) is 0 Å². The van der Waals surface area contributed by atoms with E-state index >= 15 is 0 Å². The second-order valence-electron chi connectivity index (χ2n) is 6.36. The van der Waals surface area contributed by atoms with Gasteiger partial charge >= 0.3 is 0 Å². The highest BCUT2D eigenvalue weighted by Gasteiger charge is 2.20. The lowest BCUT2D eigenvalue weighted by Crippen LogP contribution is -2.16. The van der Waals surface area contributed by atoms with Crippen molar-refractivity contribution in [2.24, 2.45) is 5.92 Å². The molecule has 2 aromatic rings. The third kappa shape index (κ3) is 4.20. The van der Waals surface area contributed by atoms with Crippen molar-refractivity contribution in [2.75, 3.05) is 0 Å². The van der Waals surface area contributed by atoms with Crippen molar-refractivity contribution in [1.29, 1.82) is 0 Å². The highest BCUT2D eigenvalue weighted by Crippen LogP contribution is 2.30. The maximum atomic E-state index is 13.0. The molecule has 0 nitrogen and oxygen atoms in total. The third-order valence-electron chi connectivity index (χ3n) is 4.75. The summed E-state index contributed by atoms with van der Waals surface area (Å²) in [4.78, 5) is 0. The van der Waals surface area contributed by atoms with Gasteiger partial charge in [-0.15, -0.1) is 0 Å². The molecule has 0 aliphatic carbocycles. The molecule has 0 aromatic heterocycles. The number of aryl methyl sites for hydroxylation is 1. The number of benzene rings is 2. The van der Waals surface area contributed by atoms with Crippen LogP contribution in [0.15, 0.2) is 48.5 Å². The minimum absolute atomic E-state index is 0.185. The molecule has 0 unspecified atom stereocenters. The van der Waals surface area contributed by atoms with Crippen molar-refractivity contribution in [3.8, 4) is 11.1 Å². The van der Waals surface area contributed by atoms with Crippen molar-refractivity contribution < 1.29 is 4.39 Å². The molecule has 0 bridgehead atoms. The molecular weight excluding hydrogens is 311 g/mol. The molecule has 1 heterocycles. The molecule has 0 N–H and O–H groups in total. The van der Waals surface area contributed by atoms with E-state index in [-0.39, 0.29) is 5.82 Å². The highest BCUT2D eigenvalue weighted by molar-refractivity contribution is 7.07. The predicted molar refractivity (Wildman–Crippen MR) is 95.5 cm³/mol. The maximum Gasteiger partial charge on any atom is 0.141 e. The Labute approximate surface area is 138 Å². The lowest BCUT2D eigenvalue weighted by molar-refractivity contribution is 0.440. The van der Waals surface area contributed by atoms with Gasteiger partial charge < -0.3 is 0 Å². The molecule has 0 saturated carbocycles. The molecule has 1 aliphatic heterocycles. The van der Waals surface area contributed by atoms with E-state index < -0.39 is 8.11 Å². The molecule has 0 radical (unpaired) electrons. The SMILES string of the molecule is Fc1ccc(-c2ccc(CCC3CC[SiH](Cl)CC3)cc2)cc1. The first-order valence-corrected chi connectivity index (χ1v) is 11.6. The van der Waals surface area contributed by atoms with Crippen molar-refractivity contribution >= 4 is 19.2 Å². The van der Waals surface area contributed by atoms with Crippen LogP contribution in [0.5, 0.6) is 0 Å². The molecule has 2 aromatic carbocycles. The maximum absolute atomic E-state index is 13.0. The summed E-state index contributed by atoms with van der Waals surface area (Å²) in [6.07, 6.45) is 5.12. The molecule has 116 valence electrons. The predicted octanol–water partition coefficient (Wildman–Crippen LogP) is 5.80. The summed E-state index contributed by atoms with van der Waals surface area (Å²) in [6.45, 7) is 0. The monoisotopic (exact) mass is 332 g/mol. The Hall–Kier alpha value is -1.12. The molecule has 22 heavy (non-hydrogen) atoms. The van der Waals surface area contributed by atoms with E-state index in [0.29, 0.717) is 0 Å². The first-order chi connectivity index (χ1) is 10.7. The quantitative estimate of drug-likeness (QED) is 0.490. The Morgan fingerprint density at radius 1 is 0.909 bits per heavy atom. The summed E-state index contributed by atoms with van der Waals surface area (Å²) in [7, 11) is -0.832. The summed E-state index contributed by atoms with van der Waals surface area (Å²) < 4.78 is 13.0. The van der Waals surface area contributed by atoms with Gasteiger partial charge in [0.25, 0.3) is 0 Å². The van der Waals surface area contributed by atoms with Gasteiger partial charge in [-0.1, -0.05) is 49.2 Å². The standard InChI is InChI=1S/C19H22ClFSi/c20-22-13-11-16(12-14-22)2-1-15-3-5-17(6-4-15)18-7-9-19(21)10-8-18/h3-10,16,22H,1-2,11-14H2. The van der Waals surface area contributed by atoms with Crippen LogP contribution in [0.25, 0.3) is 11.1 Å². The molecule has 3 rings (SSSR count).